The van der Waals surface area contributed by atoms with Crippen LogP contribution in [0.1, 0.15) is 41.9 Å². The number of alkyl halides is 1. The average molecular weight is 397 g/mol. The lowest BCUT2D eigenvalue weighted by molar-refractivity contribution is 0.00934. The van der Waals surface area contributed by atoms with E-state index in [1.165, 1.54) is 16.0 Å². The molecule has 2 unspecified atom stereocenters. The van der Waals surface area contributed by atoms with Crippen molar-refractivity contribution < 1.29 is 13.9 Å². The van der Waals surface area contributed by atoms with Gasteiger partial charge in [-0.3, -0.25) is 4.90 Å². The Morgan fingerprint density at radius 3 is 2.62 bits per heavy atom. The van der Waals surface area contributed by atoms with Gasteiger partial charge in [-0.1, -0.05) is 60.2 Å². The molecule has 0 spiro atoms. The Labute approximate surface area is 172 Å². The number of carbonyl (C=O) groups excluding carboxylic acids is 1. The number of ether oxygens (including phenoxy) is 1. The zero-order valence-electron chi connectivity index (χ0n) is 16.9. The molecule has 0 aromatic heterocycles. The summed E-state index contributed by atoms with van der Waals surface area (Å²) in [6.07, 6.45) is 0.484. The van der Waals surface area contributed by atoms with Crippen molar-refractivity contribution in [2.24, 2.45) is 5.92 Å². The van der Waals surface area contributed by atoms with Gasteiger partial charge in [0.15, 0.2) is 6.30 Å². The molecule has 2 aromatic rings. The van der Waals surface area contributed by atoms with Gasteiger partial charge in [-0.2, -0.15) is 0 Å². The lowest BCUT2D eigenvalue weighted by Crippen LogP contribution is -2.46. The highest BCUT2D eigenvalue weighted by molar-refractivity contribution is 5.68. The molecule has 1 saturated carbocycles. The van der Waals surface area contributed by atoms with Crippen molar-refractivity contribution in [3.05, 3.63) is 71.3 Å². The van der Waals surface area contributed by atoms with E-state index in [2.05, 4.69) is 36.5 Å². The highest BCUT2D eigenvalue weighted by Gasteiger charge is 2.39. The molecule has 4 rings (SSSR count). The summed E-state index contributed by atoms with van der Waals surface area (Å²) in [5.41, 5.74) is 3.57. The first-order valence-corrected chi connectivity index (χ1v) is 10.5. The Morgan fingerprint density at radius 2 is 1.90 bits per heavy atom. The number of rotatable bonds is 6. The Balaban J connectivity index is 1.18. The smallest absolute Gasteiger partial charge is 0.412 e. The van der Waals surface area contributed by atoms with Crippen LogP contribution in [0.5, 0.6) is 0 Å². The molecule has 1 saturated heterocycles. The van der Waals surface area contributed by atoms with Crippen LogP contribution >= 0.6 is 0 Å². The third-order valence-corrected chi connectivity index (χ3v) is 6.05. The molecule has 5 heteroatoms. The zero-order chi connectivity index (χ0) is 20.2. The summed E-state index contributed by atoms with van der Waals surface area (Å²) in [6.45, 7) is 3.49. The number of likely N-dealkylation sites (tertiary alicyclic amines) is 1. The van der Waals surface area contributed by atoms with Crippen molar-refractivity contribution in [3.8, 4) is 0 Å². The molecule has 2 aliphatic rings. The summed E-state index contributed by atoms with van der Waals surface area (Å²) in [5.74, 6) is 0.826. The summed E-state index contributed by atoms with van der Waals surface area (Å²) in [6, 6.07) is 18.7. The SMILES string of the molecule is Cc1ccc([C@@H]2C[C@H]2NCC2CCN(C(=O)OCc3ccccc3)C(F)C2)cc1. The van der Waals surface area contributed by atoms with E-state index in [0.717, 1.165) is 24.9 Å². The number of nitrogens with zero attached hydrogens (tertiary/aromatic N) is 1. The van der Waals surface area contributed by atoms with Crippen LogP contribution in [0.15, 0.2) is 54.6 Å². The molecule has 1 aliphatic carbocycles. The van der Waals surface area contributed by atoms with Crippen LogP contribution in [0, 0.1) is 12.8 Å². The number of benzene rings is 2. The number of amides is 1. The largest absolute Gasteiger partial charge is 0.444 e. The van der Waals surface area contributed by atoms with Gasteiger partial charge in [0, 0.05) is 24.9 Å². The molecular weight excluding hydrogens is 367 g/mol. The van der Waals surface area contributed by atoms with Gasteiger partial charge >= 0.3 is 6.09 Å². The van der Waals surface area contributed by atoms with Crippen molar-refractivity contribution >= 4 is 6.09 Å². The lowest BCUT2D eigenvalue weighted by atomic mass is 9.96. The quantitative estimate of drug-likeness (QED) is 0.714. The minimum absolute atomic E-state index is 0.177. The second-order valence-corrected chi connectivity index (χ2v) is 8.33. The first-order valence-electron chi connectivity index (χ1n) is 10.5. The van der Waals surface area contributed by atoms with Gasteiger partial charge in [0.1, 0.15) is 6.61 Å². The molecule has 1 aliphatic heterocycles. The minimum Gasteiger partial charge on any atom is -0.444 e. The normalized spacial score (nSPS) is 26.2. The van der Waals surface area contributed by atoms with Crippen LogP contribution in [-0.4, -0.2) is 36.4 Å². The Hall–Kier alpha value is -2.40. The number of aryl methyl sites for hydroxylation is 1. The van der Waals surface area contributed by atoms with Crippen molar-refractivity contribution in [2.45, 2.75) is 51.0 Å². The van der Waals surface area contributed by atoms with E-state index in [4.69, 9.17) is 4.74 Å². The Bertz CT molecular complexity index is 811. The third-order valence-electron chi connectivity index (χ3n) is 6.05. The fourth-order valence-corrected chi connectivity index (χ4v) is 4.10. The van der Waals surface area contributed by atoms with Gasteiger partial charge in [0.2, 0.25) is 0 Å². The zero-order valence-corrected chi connectivity index (χ0v) is 16.9. The monoisotopic (exact) mass is 396 g/mol. The van der Waals surface area contributed by atoms with E-state index < -0.39 is 12.4 Å². The van der Waals surface area contributed by atoms with Crippen LogP contribution in [0.3, 0.4) is 0 Å². The average Bonchev–Trinajstić information content (AvgIpc) is 3.51. The van der Waals surface area contributed by atoms with Gasteiger partial charge in [-0.15, -0.1) is 0 Å². The molecular formula is C24H29FN2O2. The molecule has 2 fully saturated rings. The Morgan fingerprint density at radius 1 is 1.14 bits per heavy atom. The topological polar surface area (TPSA) is 41.6 Å². The van der Waals surface area contributed by atoms with Crippen LogP contribution in [0.25, 0.3) is 0 Å². The minimum atomic E-state index is -1.27. The molecule has 29 heavy (non-hydrogen) atoms. The van der Waals surface area contributed by atoms with Crippen LogP contribution in [0.4, 0.5) is 9.18 Å². The van der Waals surface area contributed by atoms with Crippen molar-refractivity contribution in [1.29, 1.82) is 0 Å². The first kappa shape index (κ1) is 19.9. The third kappa shape index (κ3) is 5.15. The molecule has 4 atom stereocenters. The summed E-state index contributed by atoms with van der Waals surface area (Å²) >= 11 is 0. The standard InChI is InChI=1S/C24H29FN2O2/c1-17-7-9-20(10-8-17)21-14-22(21)26-15-19-11-12-27(23(25)13-19)24(28)29-16-18-5-3-2-4-6-18/h2-10,19,21-23,26H,11-16H2,1H3/t19?,21-,22+,23?/m0/s1. The summed E-state index contributed by atoms with van der Waals surface area (Å²) in [5, 5.41) is 3.60. The van der Waals surface area contributed by atoms with Gasteiger partial charge in [0.25, 0.3) is 0 Å². The van der Waals surface area contributed by atoms with Crippen LogP contribution in [0.2, 0.25) is 0 Å². The molecule has 1 amide bonds. The molecule has 154 valence electrons. The van der Waals surface area contributed by atoms with Gasteiger partial charge < -0.3 is 10.1 Å². The fraction of sp³-hybridized carbons (Fsp3) is 0.458. The summed E-state index contributed by atoms with van der Waals surface area (Å²) in [4.78, 5) is 13.5. The van der Waals surface area contributed by atoms with E-state index in [-0.39, 0.29) is 12.5 Å². The van der Waals surface area contributed by atoms with Crippen LogP contribution < -0.4 is 5.32 Å². The number of piperidine rings is 1. The van der Waals surface area contributed by atoms with E-state index in [9.17, 15) is 9.18 Å². The number of carbonyl (C=O) groups is 1. The molecule has 1 heterocycles. The number of nitrogens with one attached hydrogen (secondary N) is 1. The highest BCUT2D eigenvalue weighted by Crippen LogP contribution is 2.41. The molecule has 1 N–H and O–H groups in total. The predicted octanol–water partition coefficient (Wildman–Crippen LogP) is 4.78. The molecule has 0 radical (unpaired) electrons. The lowest BCUT2D eigenvalue weighted by Gasteiger charge is -2.34. The fourth-order valence-electron chi connectivity index (χ4n) is 4.10. The second-order valence-electron chi connectivity index (χ2n) is 8.33. The van der Waals surface area contributed by atoms with Crippen molar-refractivity contribution in [1.82, 2.24) is 10.2 Å². The predicted molar refractivity (Wildman–Crippen MR) is 111 cm³/mol. The number of halogens is 1. The van der Waals surface area contributed by atoms with Gasteiger partial charge in [0.05, 0.1) is 0 Å². The van der Waals surface area contributed by atoms with E-state index >= 15 is 0 Å². The molecule has 4 nitrogen and oxygen atoms in total. The first-order chi connectivity index (χ1) is 14.1. The van der Waals surface area contributed by atoms with Gasteiger partial charge in [-0.25, -0.2) is 9.18 Å². The Kier molecular flexibility index (Phi) is 6.14. The van der Waals surface area contributed by atoms with Crippen molar-refractivity contribution in [2.75, 3.05) is 13.1 Å². The van der Waals surface area contributed by atoms with Crippen molar-refractivity contribution in [3.63, 3.8) is 0 Å². The van der Waals surface area contributed by atoms with E-state index in [0.29, 0.717) is 24.9 Å². The second kappa shape index (κ2) is 8.95. The number of hydrogen-bond donors (Lipinski definition) is 1. The maximum absolute atomic E-state index is 14.6. The summed E-state index contributed by atoms with van der Waals surface area (Å²) in [7, 11) is 0. The number of hydrogen-bond acceptors (Lipinski definition) is 3. The van der Waals surface area contributed by atoms with E-state index in [1.807, 2.05) is 30.3 Å². The maximum Gasteiger partial charge on any atom is 0.412 e. The van der Waals surface area contributed by atoms with E-state index in [1.54, 1.807) is 0 Å². The van der Waals surface area contributed by atoms with Gasteiger partial charge in [-0.05, 0) is 43.4 Å². The molecule has 0 bridgehead atoms. The maximum atomic E-state index is 14.6. The van der Waals surface area contributed by atoms with Crippen LogP contribution in [-0.2, 0) is 11.3 Å². The summed E-state index contributed by atoms with van der Waals surface area (Å²) < 4.78 is 19.9. The molecule has 2 aromatic carbocycles. The highest BCUT2D eigenvalue weighted by atomic mass is 19.1.